The summed E-state index contributed by atoms with van der Waals surface area (Å²) in [5, 5.41) is 23.8. The van der Waals surface area contributed by atoms with Crippen LogP contribution in [-0.4, -0.2) is 14.8 Å². The molecule has 0 aliphatic heterocycles. The second-order valence-corrected chi connectivity index (χ2v) is 8.52. The van der Waals surface area contributed by atoms with Crippen molar-refractivity contribution in [3.05, 3.63) is 47.1 Å². The minimum Gasteiger partial charge on any atom is -0.508 e. The largest absolute Gasteiger partial charge is 0.508 e. The fraction of sp³-hybridized carbons (Fsp3) is 0.391. The van der Waals surface area contributed by atoms with E-state index in [0.29, 0.717) is 11.5 Å². The Hall–Kier alpha value is -3.00. The van der Waals surface area contributed by atoms with E-state index in [1.165, 1.54) is 0 Å². The van der Waals surface area contributed by atoms with Crippen molar-refractivity contribution in [2.45, 2.75) is 47.5 Å². The first-order valence-electron chi connectivity index (χ1n) is 9.48. The highest BCUT2D eigenvalue weighted by Gasteiger charge is 2.28. The van der Waals surface area contributed by atoms with E-state index < -0.39 is 0 Å². The van der Waals surface area contributed by atoms with Gasteiger partial charge in [-0.1, -0.05) is 38.1 Å². The number of hydrogen-bond donors (Lipinski definition) is 1. The monoisotopic (exact) mass is 377 g/mol. The first-order valence-corrected chi connectivity index (χ1v) is 9.48. The Morgan fingerprint density at radius 3 is 2.25 bits per heavy atom. The molecule has 2 aromatic heterocycles. The zero-order chi connectivity index (χ0) is 20.6. The third-order valence-corrected chi connectivity index (χ3v) is 5.17. The molecule has 146 valence electrons. The zero-order valence-electron chi connectivity index (χ0n) is 17.4. The first-order chi connectivity index (χ1) is 13.1. The maximum absolute atomic E-state index is 9.97. The van der Waals surface area contributed by atoms with E-state index in [2.05, 4.69) is 32.0 Å². The Balaban J connectivity index is 2.34. The third-order valence-electron chi connectivity index (χ3n) is 5.17. The molecule has 0 atom stereocenters. The molecule has 0 bridgehead atoms. The Kier molecular flexibility index (Phi) is 5.08. The molecule has 0 aliphatic carbocycles. The van der Waals surface area contributed by atoms with Gasteiger partial charge in [0.05, 0.1) is 11.3 Å². The molecule has 1 aromatic carbocycles. The lowest BCUT2D eigenvalue weighted by Crippen LogP contribution is -2.09. The quantitative estimate of drug-likeness (QED) is 0.649. The van der Waals surface area contributed by atoms with Crippen LogP contribution in [0.4, 0.5) is 0 Å². The van der Waals surface area contributed by atoms with Crippen LogP contribution in [0, 0.1) is 30.6 Å². The first kappa shape index (κ1) is 19.8. The van der Waals surface area contributed by atoms with Crippen molar-refractivity contribution in [1.82, 2.24) is 9.72 Å². The van der Waals surface area contributed by atoms with Gasteiger partial charge in [0.15, 0.2) is 0 Å². The number of benzene rings is 1. The van der Waals surface area contributed by atoms with Gasteiger partial charge in [0.1, 0.15) is 23.3 Å². The van der Waals surface area contributed by atoms with Crippen LogP contribution in [0.25, 0.3) is 22.3 Å². The fourth-order valence-electron chi connectivity index (χ4n) is 3.67. The number of nitriles is 1. The summed E-state index contributed by atoms with van der Waals surface area (Å²) in [7, 11) is 1.95. The molecule has 0 saturated carbocycles. The highest BCUT2D eigenvalue weighted by molar-refractivity contribution is 5.91. The summed E-state index contributed by atoms with van der Waals surface area (Å²) in [5.41, 5.74) is 6.35. The third kappa shape index (κ3) is 3.55. The van der Waals surface area contributed by atoms with E-state index in [0.717, 1.165) is 46.5 Å². The van der Waals surface area contributed by atoms with Crippen LogP contribution in [0.3, 0.4) is 0 Å². The van der Waals surface area contributed by atoms with Gasteiger partial charge in [0.2, 0.25) is 0 Å². The lowest BCUT2D eigenvalue weighted by atomic mass is 9.87. The standard InChI is InChI=1S/C23H27N3O2/c1-14-20(15(2)28-25-14)22-19(13-24)26(6)18(11-12-23(3,4)5)21(22)16-7-9-17(27)10-8-16/h7-10,27H,11-12H2,1-6H3. The van der Waals surface area contributed by atoms with Crippen LogP contribution in [0.5, 0.6) is 5.75 Å². The molecule has 0 fully saturated rings. The molecule has 2 heterocycles. The maximum atomic E-state index is 9.97. The molecule has 0 aliphatic rings. The van der Waals surface area contributed by atoms with Gasteiger partial charge < -0.3 is 14.2 Å². The highest BCUT2D eigenvalue weighted by Crippen LogP contribution is 2.43. The molecule has 0 radical (unpaired) electrons. The van der Waals surface area contributed by atoms with E-state index in [1.54, 1.807) is 12.1 Å². The molecule has 0 spiro atoms. The summed E-state index contributed by atoms with van der Waals surface area (Å²) in [6, 6.07) is 9.54. The summed E-state index contributed by atoms with van der Waals surface area (Å²) in [4.78, 5) is 0. The van der Waals surface area contributed by atoms with Crippen LogP contribution in [0.15, 0.2) is 28.8 Å². The predicted molar refractivity (Wildman–Crippen MR) is 110 cm³/mol. The van der Waals surface area contributed by atoms with E-state index in [4.69, 9.17) is 4.52 Å². The van der Waals surface area contributed by atoms with Gasteiger partial charge in [-0.15, -0.1) is 0 Å². The van der Waals surface area contributed by atoms with Crippen molar-refractivity contribution in [3.63, 3.8) is 0 Å². The number of phenolic OH excluding ortho intramolecular Hbond substituents is 1. The fourth-order valence-corrected chi connectivity index (χ4v) is 3.67. The number of aromatic nitrogens is 2. The zero-order valence-corrected chi connectivity index (χ0v) is 17.4. The molecule has 5 nitrogen and oxygen atoms in total. The van der Waals surface area contributed by atoms with Crippen molar-refractivity contribution in [1.29, 1.82) is 5.26 Å². The van der Waals surface area contributed by atoms with Crippen LogP contribution in [0.2, 0.25) is 0 Å². The molecule has 0 saturated heterocycles. The Morgan fingerprint density at radius 1 is 1.11 bits per heavy atom. The topological polar surface area (TPSA) is 75.0 Å². The van der Waals surface area contributed by atoms with Crippen molar-refractivity contribution in [3.8, 4) is 34.1 Å². The molecule has 1 N–H and O–H groups in total. The predicted octanol–water partition coefficient (Wildman–Crippen LogP) is 5.52. The van der Waals surface area contributed by atoms with Gasteiger partial charge in [0, 0.05) is 23.9 Å². The maximum Gasteiger partial charge on any atom is 0.141 e. The number of hydrogen-bond acceptors (Lipinski definition) is 4. The Morgan fingerprint density at radius 2 is 1.75 bits per heavy atom. The van der Waals surface area contributed by atoms with E-state index in [1.807, 2.05) is 37.6 Å². The summed E-state index contributed by atoms with van der Waals surface area (Å²) in [6.07, 6.45) is 1.83. The van der Waals surface area contributed by atoms with Crippen LogP contribution in [0.1, 0.15) is 50.0 Å². The molecule has 3 rings (SSSR count). The molecule has 5 heteroatoms. The Labute approximate surface area is 166 Å². The number of rotatable bonds is 4. The smallest absolute Gasteiger partial charge is 0.141 e. The molecular formula is C23H27N3O2. The molecule has 3 aromatic rings. The van der Waals surface area contributed by atoms with E-state index in [9.17, 15) is 10.4 Å². The van der Waals surface area contributed by atoms with Gasteiger partial charge in [-0.25, -0.2) is 0 Å². The van der Waals surface area contributed by atoms with Gasteiger partial charge >= 0.3 is 0 Å². The Bertz CT molecular complexity index is 1020. The van der Waals surface area contributed by atoms with E-state index >= 15 is 0 Å². The lowest BCUT2D eigenvalue weighted by molar-refractivity contribution is 0.375. The van der Waals surface area contributed by atoms with Crippen LogP contribution < -0.4 is 0 Å². The summed E-state index contributed by atoms with van der Waals surface area (Å²) in [5.74, 6) is 0.914. The minimum absolute atomic E-state index is 0.173. The van der Waals surface area contributed by atoms with Crippen molar-refractivity contribution in [2.24, 2.45) is 12.5 Å². The summed E-state index contributed by atoms with van der Waals surface area (Å²) in [6.45, 7) is 10.4. The number of aromatic hydroxyl groups is 1. The molecule has 0 amide bonds. The van der Waals surface area contributed by atoms with Crippen molar-refractivity contribution >= 4 is 0 Å². The van der Waals surface area contributed by atoms with Crippen molar-refractivity contribution in [2.75, 3.05) is 0 Å². The number of aryl methyl sites for hydroxylation is 2. The number of nitrogens with zero attached hydrogens (tertiary/aromatic N) is 3. The second-order valence-electron chi connectivity index (χ2n) is 8.52. The normalized spacial score (nSPS) is 11.6. The lowest BCUT2D eigenvalue weighted by Gasteiger charge is -2.19. The van der Waals surface area contributed by atoms with Crippen molar-refractivity contribution < 1.29 is 9.63 Å². The van der Waals surface area contributed by atoms with E-state index in [-0.39, 0.29) is 11.2 Å². The second kappa shape index (κ2) is 7.20. The van der Waals surface area contributed by atoms with Gasteiger partial charge in [0.25, 0.3) is 0 Å². The number of phenols is 1. The summed E-state index contributed by atoms with van der Waals surface area (Å²) >= 11 is 0. The van der Waals surface area contributed by atoms with Gasteiger partial charge in [-0.3, -0.25) is 0 Å². The van der Waals surface area contributed by atoms with Crippen LogP contribution >= 0.6 is 0 Å². The SMILES string of the molecule is Cc1noc(C)c1-c1c(-c2ccc(O)cc2)c(CCC(C)(C)C)n(C)c1C#N. The minimum atomic E-state index is 0.173. The molecule has 0 unspecified atom stereocenters. The average Bonchev–Trinajstić information content (AvgIpc) is 3.09. The average molecular weight is 377 g/mol. The highest BCUT2D eigenvalue weighted by atomic mass is 16.5. The molecular weight excluding hydrogens is 350 g/mol. The van der Waals surface area contributed by atoms with Crippen LogP contribution in [-0.2, 0) is 13.5 Å². The van der Waals surface area contributed by atoms with Gasteiger partial charge in [-0.2, -0.15) is 5.26 Å². The molecule has 28 heavy (non-hydrogen) atoms. The van der Waals surface area contributed by atoms with Gasteiger partial charge in [-0.05, 0) is 49.8 Å². The summed E-state index contributed by atoms with van der Waals surface area (Å²) < 4.78 is 7.41.